The van der Waals surface area contributed by atoms with Crippen LogP contribution in [0.2, 0.25) is 0 Å². The zero-order valence-corrected chi connectivity index (χ0v) is 12.9. The van der Waals surface area contributed by atoms with Crippen LogP contribution >= 0.6 is 0 Å². The largest absolute Gasteiger partial charge is 0.368 e. The van der Waals surface area contributed by atoms with Gasteiger partial charge in [-0.2, -0.15) is 0 Å². The summed E-state index contributed by atoms with van der Waals surface area (Å²) in [5.74, 6) is 1.17. The average Bonchev–Trinajstić information content (AvgIpc) is 2.94. The van der Waals surface area contributed by atoms with Gasteiger partial charge >= 0.3 is 0 Å². The van der Waals surface area contributed by atoms with Crippen LogP contribution in [0.5, 0.6) is 0 Å². The Morgan fingerprint density at radius 3 is 2.86 bits per heavy atom. The maximum absolute atomic E-state index is 12.6. The van der Waals surface area contributed by atoms with Crippen molar-refractivity contribution in [1.82, 2.24) is 19.4 Å². The minimum atomic E-state index is -0.232. The van der Waals surface area contributed by atoms with Gasteiger partial charge < -0.3 is 14.2 Å². The van der Waals surface area contributed by atoms with E-state index in [0.717, 1.165) is 38.2 Å². The molecule has 1 aromatic rings. The van der Waals surface area contributed by atoms with Crippen molar-refractivity contribution in [2.45, 2.75) is 31.4 Å². The van der Waals surface area contributed by atoms with Gasteiger partial charge in [-0.1, -0.05) is 0 Å². The zero-order chi connectivity index (χ0) is 14.8. The predicted molar refractivity (Wildman–Crippen MR) is 78.8 cm³/mol. The van der Waals surface area contributed by atoms with Crippen LogP contribution in [0.1, 0.15) is 31.1 Å². The molecule has 2 fully saturated rings. The highest BCUT2D eigenvalue weighted by molar-refractivity contribution is 5.81. The maximum atomic E-state index is 12.6. The Hall–Kier alpha value is -1.40. The van der Waals surface area contributed by atoms with Gasteiger partial charge in [0.2, 0.25) is 0 Å². The molecule has 0 saturated carbocycles. The second kappa shape index (κ2) is 6.15. The van der Waals surface area contributed by atoms with Crippen LogP contribution in [0.15, 0.2) is 12.4 Å². The van der Waals surface area contributed by atoms with E-state index in [4.69, 9.17) is 4.74 Å². The number of carbonyl (C=O) groups excluding carboxylic acids is 1. The third-order valence-electron chi connectivity index (χ3n) is 4.57. The molecule has 1 amide bonds. The number of nitrogens with zero attached hydrogens (tertiary/aromatic N) is 4. The van der Waals surface area contributed by atoms with Crippen LogP contribution < -0.4 is 0 Å². The summed E-state index contributed by atoms with van der Waals surface area (Å²) in [6.07, 6.45) is 6.56. The van der Waals surface area contributed by atoms with Gasteiger partial charge in [0.25, 0.3) is 5.91 Å². The van der Waals surface area contributed by atoms with Crippen molar-refractivity contribution >= 4 is 5.91 Å². The number of amides is 1. The molecule has 3 heterocycles. The van der Waals surface area contributed by atoms with E-state index in [1.54, 1.807) is 0 Å². The molecule has 1 aromatic heterocycles. The predicted octanol–water partition coefficient (Wildman–Crippen LogP) is 0.804. The number of carbonyl (C=O) groups is 1. The molecule has 21 heavy (non-hydrogen) atoms. The second-order valence-electron chi connectivity index (χ2n) is 6.03. The fraction of sp³-hybridized carbons (Fsp3) is 0.733. The van der Waals surface area contributed by atoms with Crippen LogP contribution in [-0.2, 0) is 16.6 Å². The van der Waals surface area contributed by atoms with Gasteiger partial charge in [-0.3, -0.25) is 9.69 Å². The standard InChI is InChI=1S/C15H24N4O2/c1-17-8-9-19(15(20)13-5-3-4-10-21-13)11-12(17)14-16-6-7-18(14)2/h6-7,12-13H,3-5,8-11H2,1-2H3. The van der Waals surface area contributed by atoms with Crippen molar-refractivity contribution in [3.63, 3.8) is 0 Å². The Kier molecular flexibility index (Phi) is 4.26. The first-order chi connectivity index (χ1) is 10.2. The molecule has 0 spiro atoms. The summed E-state index contributed by atoms with van der Waals surface area (Å²) in [7, 11) is 4.10. The molecule has 6 nitrogen and oxygen atoms in total. The summed E-state index contributed by atoms with van der Waals surface area (Å²) in [6, 6.07) is 0.159. The van der Waals surface area contributed by atoms with E-state index in [0.29, 0.717) is 13.2 Å². The smallest absolute Gasteiger partial charge is 0.251 e. The molecular formula is C15H24N4O2. The Balaban J connectivity index is 1.70. The number of rotatable bonds is 2. The van der Waals surface area contributed by atoms with Gasteiger partial charge in [0.15, 0.2) is 0 Å². The number of hydrogen-bond acceptors (Lipinski definition) is 4. The van der Waals surface area contributed by atoms with E-state index >= 15 is 0 Å². The first-order valence-electron chi connectivity index (χ1n) is 7.74. The molecule has 3 rings (SSSR count). The van der Waals surface area contributed by atoms with Gasteiger partial charge in [-0.25, -0.2) is 4.98 Å². The van der Waals surface area contributed by atoms with E-state index in [-0.39, 0.29) is 18.1 Å². The third-order valence-corrected chi connectivity index (χ3v) is 4.57. The van der Waals surface area contributed by atoms with Crippen LogP contribution in [0.4, 0.5) is 0 Å². The zero-order valence-electron chi connectivity index (χ0n) is 12.9. The molecule has 2 unspecified atom stereocenters. The monoisotopic (exact) mass is 292 g/mol. The summed E-state index contributed by atoms with van der Waals surface area (Å²) in [4.78, 5) is 21.3. The topological polar surface area (TPSA) is 50.6 Å². The van der Waals surface area contributed by atoms with Gasteiger partial charge in [-0.05, 0) is 26.3 Å². The lowest BCUT2D eigenvalue weighted by Gasteiger charge is -2.40. The van der Waals surface area contributed by atoms with Gasteiger partial charge in [-0.15, -0.1) is 0 Å². The number of ether oxygens (including phenoxy) is 1. The summed E-state index contributed by atoms with van der Waals surface area (Å²) in [5.41, 5.74) is 0. The van der Waals surface area contributed by atoms with Crippen molar-refractivity contribution in [3.8, 4) is 0 Å². The molecule has 0 aromatic carbocycles. The molecule has 0 radical (unpaired) electrons. The van der Waals surface area contributed by atoms with Gasteiger partial charge in [0.1, 0.15) is 11.9 Å². The first-order valence-corrected chi connectivity index (χ1v) is 7.74. The molecule has 6 heteroatoms. The van der Waals surface area contributed by atoms with Crippen molar-refractivity contribution in [2.75, 3.05) is 33.3 Å². The van der Waals surface area contributed by atoms with Crippen LogP contribution in [0.3, 0.4) is 0 Å². The van der Waals surface area contributed by atoms with Crippen LogP contribution in [0.25, 0.3) is 0 Å². The molecular weight excluding hydrogens is 268 g/mol. The van der Waals surface area contributed by atoms with Gasteiger partial charge in [0.05, 0.1) is 6.04 Å². The van der Waals surface area contributed by atoms with Gasteiger partial charge in [0, 0.05) is 45.7 Å². The number of aryl methyl sites for hydroxylation is 1. The number of aromatic nitrogens is 2. The number of likely N-dealkylation sites (N-methyl/N-ethyl adjacent to an activating group) is 1. The van der Waals surface area contributed by atoms with Crippen molar-refractivity contribution in [3.05, 3.63) is 18.2 Å². The van der Waals surface area contributed by atoms with Crippen molar-refractivity contribution in [2.24, 2.45) is 7.05 Å². The van der Waals surface area contributed by atoms with E-state index in [9.17, 15) is 4.79 Å². The first kappa shape index (κ1) is 14.5. The summed E-state index contributed by atoms with van der Waals surface area (Å²) in [5, 5.41) is 0. The van der Waals surface area contributed by atoms with E-state index < -0.39 is 0 Å². The summed E-state index contributed by atoms with van der Waals surface area (Å²) in [6.45, 7) is 3.05. The third kappa shape index (κ3) is 2.96. The number of hydrogen-bond donors (Lipinski definition) is 0. The average molecular weight is 292 g/mol. The van der Waals surface area contributed by atoms with Crippen molar-refractivity contribution < 1.29 is 9.53 Å². The molecule has 0 bridgehead atoms. The lowest BCUT2D eigenvalue weighted by molar-refractivity contribution is -0.149. The summed E-state index contributed by atoms with van der Waals surface area (Å²) >= 11 is 0. The molecule has 2 saturated heterocycles. The quantitative estimate of drug-likeness (QED) is 0.809. The Bertz CT molecular complexity index is 496. The molecule has 2 aliphatic heterocycles. The maximum Gasteiger partial charge on any atom is 0.251 e. The number of imidazole rings is 1. The molecule has 2 atom stereocenters. The second-order valence-corrected chi connectivity index (χ2v) is 6.03. The Labute approximate surface area is 125 Å². The SMILES string of the molecule is CN1CCN(C(=O)C2CCCCO2)CC1c1nccn1C. The fourth-order valence-corrected chi connectivity index (χ4v) is 3.19. The Morgan fingerprint density at radius 1 is 1.33 bits per heavy atom. The fourth-order valence-electron chi connectivity index (χ4n) is 3.19. The van der Waals surface area contributed by atoms with Crippen molar-refractivity contribution in [1.29, 1.82) is 0 Å². The molecule has 2 aliphatic rings. The highest BCUT2D eigenvalue weighted by atomic mass is 16.5. The van der Waals surface area contributed by atoms with E-state index in [2.05, 4.69) is 16.9 Å². The molecule has 116 valence electrons. The van der Waals surface area contributed by atoms with Crippen LogP contribution in [-0.4, -0.2) is 64.7 Å². The van der Waals surface area contributed by atoms with E-state index in [1.807, 2.05) is 28.9 Å². The summed E-state index contributed by atoms with van der Waals surface area (Å²) < 4.78 is 7.68. The molecule has 0 aliphatic carbocycles. The molecule has 0 N–H and O–H groups in total. The highest BCUT2D eigenvalue weighted by Gasteiger charge is 2.34. The Morgan fingerprint density at radius 2 is 2.19 bits per heavy atom. The lowest BCUT2D eigenvalue weighted by Crippen LogP contribution is -2.52. The van der Waals surface area contributed by atoms with E-state index in [1.165, 1.54) is 0 Å². The number of piperazine rings is 1. The van der Waals surface area contributed by atoms with Crippen LogP contribution in [0, 0.1) is 0 Å². The highest BCUT2D eigenvalue weighted by Crippen LogP contribution is 2.24. The minimum absolute atomic E-state index is 0.155. The normalized spacial score (nSPS) is 27.8. The minimum Gasteiger partial charge on any atom is -0.368 e. The lowest BCUT2D eigenvalue weighted by atomic mass is 10.1.